The summed E-state index contributed by atoms with van der Waals surface area (Å²) in [6.45, 7) is 6.47. The zero-order chi connectivity index (χ0) is 11.0. The highest BCUT2D eigenvalue weighted by atomic mass is 16.3. The summed E-state index contributed by atoms with van der Waals surface area (Å²) in [6.07, 6.45) is 0. The Hall–Kier alpha value is -1.28. The Morgan fingerprint density at radius 3 is 2.60 bits per heavy atom. The number of aliphatic hydroxyl groups is 1. The van der Waals surface area contributed by atoms with Crippen LogP contribution in [0.5, 0.6) is 0 Å². The van der Waals surface area contributed by atoms with Gasteiger partial charge in [0.1, 0.15) is 0 Å². The van der Waals surface area contributed by atoms with Gasteiger partial charge in [-0.25, -0.2) is 0 Å². The predicted molar refractivity (Wildman–Crippen MR) is 63.0 cm³/mol. The van der Waals surface area contributed by atoms with Gasteiger partial charge in [0.05, 0.1) is 6.61 Å². The highest BCUT2D eigenvalue weighted by Gasteiger charge is 2.10. The molecule has 0 fully saturated rings. The number of aliphatic hydroxyl groups excluding tert-OH is 1. The molecule has 2 aromatic rings. The van der Waals surface area contributed by atoms with Crippen molar-refractivity contribution in [2.45, 2.75) is 33.4 Å². The largest absolute Gasteiger partial charge is 0.390 e. The van der Waals surface area contributed by atoms with Gasteiger partial charge in [-0.3, -0.25) is 0 Å². The van der Waals surface area contributed by atoms with Gasteiger partial charge in [0.2, 0.25) is 0 Å². The van der Waals surface area contributed by atoms with Gasteiger partial charge in [0.25, 0.3) is 0 Å². The molecule has 1 heterocycles. The molecule has 0 bridgehead atoms. The lowest BCUT2D eigenvalue weighted by Gasteiger charge is -2.13. The molecule has 0 aliphatic rings. The average Bonchev–Trinajstić information content (AvgIpc) is 2.54. The van der Waals surface area contributed by atoms with Gasteiger partial charge in [0.15, 0.2) is 0 Å². The van der Waals surface area contributed by atoms with Crippen LogP contribution < -0.4 is 0 Å². The number of nitrogens with zero attached hydrogens (tertiary/aromatic N) is 1. The second-order valence-electron chi connectivity index (χ2n) is 4.32. The first-order valence-electron chi connectivity index (χ1n) is 5.35. The Kier molecular flexibility index (Phi) is 2.53. The van der Waals surface area contributed by atoms with Crippen LogP contribution in [-0.4, -0.2) is 9.67 Å². The number of fused-ring (bicyclic) bond motifs is 1. The van der Waals surface area contributed by atoms with Gasteiger partial charge in [-0.15, -0.1) is 0 Å². The van der Waals surface area contributed by atoms with E-state index < -0.39 is 0 Å². The summed E-state index contributed by atoms with van der Waals surface area (Å²) in [5, 5.41) is 10.5. The molecule has 0 saturated heterocycles. The van der Waals surface area contributed by atoms with Crippen molar-refractivity contribution in [2.75, 3.05) is 0 Å². The van der Waals surface area contributed by atoms with E-state index in [-0.39, 0.29) is 6.61 Å². The van der Waals surface area contributed by atoms with E-state index in [9.17, 15) is 5.11 Å². The third-order valence-corrected chi connectivity index (χ3v) is 2.75. The fraction of sp³-hybridized carbons (Fsp3) is 0.385. The first kappa shape index (κ1) is 10.2. The van der Waals surface area contributed by atoms with Crippen LogP contribution in [0.3, 0.4) is 0 Å². The number of benzene rings is 1. The van der Waals surface area contributed by atoms with Gasteiger partial charge in [-0.1, -0.05) is 11.6 Å². The fourth-order valence-electron chi connectivity index (χ4n) is 2.14. The molecule has 2 heteroatoms. The van der Waals surface area contributed by atoms with Crippen LogP contribution in [-0.2, 0) is 6.61 Å². The molecule has 80 valence electrons. The van der Waals surface area contributed by atoms with Crippen molar-refractivity contribution in [1.29, 1.82) is 0 Å². The average molecular weight is 203 g/mol. The van der Waals surface area contributed by atoms with E-state index >= 15 is 0 Å². The SMILES string of the molecule is Cc1ccc2c(c1)cc(CO)n2C(C)C. The van der Waals surface area contributed by atoms with Crippen molar-refractivity contribution >= 4 is 10.9 Å². The van der Waals surface area contributed by atoms with Crippen molar-refractivity contribution in [2.24, 2.45) is 0 Å². The zero-order valence-corrected chi connectivity index (χ0v) is 9.49. The van der Waals surface area contributed by atoms with E-state index in [0.717, 1.165) is 5.69 Å². The van der Waals surface area contributed by atoms with Crippen molar-refractivity contribution in [3.05, 3.63) is 35.5 Å². The van der Waals surface area contributed by atoms with Crippen molar-refractivity contribution in [3.8, 4) is 0 Å². The van der Waals surface area contributed by atoms with E-state index in [2.05, 4.69) is 49.6 Å². The topological polar surface area (TPSA) is 25.2 Å². The summed E-state index contributed by atoms with van der Waals surface area (Å²) in [5.74, 6) is 0. The Morgan fingerprint density at radius 2 is 2.00 bits per heavy atom. The van der Waals surface area contributed by atoms with Gasteiger partial charge in [0, 0.05) is 22.6 Å². The maximum atomic E-state index is 9.32. The van der Waals surface area contributed by atoms with E-state index in [1.54, 1.807) is 0 Å². The minimum Gasteiger partial charge on any atom is -0.390 e. The van der Waals surface area contributed by atoms with Crippen LogP contribution in [0.4, 0.5) is 0 Å². The maximum absolute atomic E-state index is 9.32. The monoisotopic (exact) mass is 203 g/mol. The molecule has 0 unspecified atom stereocenters. The van der Waals surface area contributed by atoms with Crippen LogP contribution in [0.25, 0.3) is 10.9 Å². The van der Waals surface area contributed by atoms with Crippen LogP contribution >= 0.6 is 0 Å². The Labute approximate surface area is 90.2 Å². The minimum absolute atomic E-state index is 0.103. The molecule has 15 heavy (non-hydrogen) atoms. The predicted octanol–water partition coefficient (Wildman–Crippen LogP) is 3.02. The lowest BCUT2D eigenvalue weighted by Crippen LogP contribution is -2.04. The molecule has 0 atom stereocenters. The smallest absolute Gasteiger partial charge is 0.0833 e. The molecule has 0 amide bonds. The van der Waals surface area contributed by atoms with E-state index in [4.69, 9.17) is 0 Å². The van der Waals surface area contributed by atoms with Gasteiger partial charge >= 0.3 is 0 Å². The van der Waals surface area contributed by atoms with E-state index in [1.165, 1.54) is 16.5 Å². The zero-order valence-electron chi connectivity index (χ0n) is 9.49. The number of hydrogen-bond donors (Lipinski definition) is 1. The second-order valence-corrected chi connectivity index (χ2v) is 4.32. The van der Waals surface area contributed by atoms with Crippen molar-refractivity contribution in [3.63, 3.8) is 0 Å². The first-order valence-corrected chi connectivity index (χ1v) is 5.35. The summed E-state index contributed by atoms with van der Waals surface area (Å²) in [5.41, 5.74) is 3.46. The molecule has 0 radical (unpaired) electrons. The van der Waals surface area contributed by atoms with Gasteiger partial charge in [-0.05, 0) is 39.0 Å². The van der Waals surface area contributed by atoms with Gasteiger partial charge in [-0.2, -0.15) is 0 Å². The Balaban J connectivity index is 2.74. The number of aromatic nitrogens is 1. The number of hydrogen-bond acceptors (Lipinski definition) is 1. The second kappa shape index (κ2) is 3.70. The highest BCUT2D eigenvalue weighted by molar-refractivity contribution is 5.82. The third-order valence-electron chi connectivity index (χ3n) is 2.75. The number of aryl methyl sites for hydroxylation is 1. The summed E-state index contributed by atoms with van der Waals surface area (Å²) >= 11 is 0. The molecule has 0 aliphatic heterocycles. The molecule has 1 aromatic carbocycles. The van der Waals surface area contributed by atoms with E-state index in [0.29, 0.717) is 6.04 Å². The van der Waals surface area contributed by atoms with Crippen LogP contribution in [0.1, 0.15) is 31.1 Å². The maximum Gasteiger partial charge on any atom is 0.0833 e. The standard InChI is InChI=1S/C13H17NO/c1-9(2)14-12(8-15)7-11-6-10(3)4-5-13(11)14/h4-7,9,15H,8H2,1-3H3. The molecule has 1 aromatic heterocycles. The quantitative estimate of drug-likeness (QED) is 0.797. The fourth-order valence-corrected chi connectivity index (χ4v) is 2.14. The molecular weight excluding hydrogens is 186 g/mol. The molecule has 2 nitrogen and oxygen atoms in total. The lowest BCUT2D eigenvalue weighted by molar-refractivity contribution is 0.269. The molecule has 2 rings (SSSR count). The summed E-state index contributed by atoms with van der Waals surface area (Å²) in [6, 6.07) is 8.86. The molecule has 1 N–H and O–H groups in total. The minimum atomic E-state index is 0.103. The normalized spacial score (nSPS) is 11.5. The summed E-state index contributed by atoms with van der Waals surface area (Å²) in [7, 11) is 0. The molecule has 0 spiro atoms. The number of rotatable bonds is 2. The first-order chi connectivity index (χ1) is 7.13. The Morgan fingerprint density at radius 1 is 1.27 bits per heavy atom. The van der Waals surface area contributed by atoms with Crippen LogP contribution in [0, 0.1) is 6.92 Å². The highest BCUT2D eigenvalue weighted by Crippen LogP contribution is 2.24. The van der Waals surface area contributed by atoms with Crippen LogP contribution in [0.15, 0.2) is 24.3 Å². The van der Waals surface area contributed by atoms with Crippen LogP contribution in [0.2, 0.25) is 0 Å². The molecule has 0 aliphatic carbocycles. The third kappa shape index (κ3) is 1.65. The molecular formula is C13H17NO. The molecule has 0 saturated carbocycles. The summed E-state index contributed by atoms with van der Waals surface area (Å²) in [4.78, 5) is 0. The Bertz CT molecular complexity index is 482. The summed E-state index contributed by atoms with van der Waals surface area (Å²) < 4.78 is 2.19. The lowest BCUT2D eigenvalue weighted by atomic mass is 10.2. The van der Waals surface area contributed by atoms with E-state index in [1.807, 2.05) is 0 Å². The van der Waals surface area contributed by atoms with Crippen molar-refractivity contribution in [1.82, 2.24) is 4.57 Å². The van der Waals surface area contributed by atoms with Gasteiger partial charge < -0.3 is 9.67 Å². The van der Waals surface area contributed by atoms with Crippen molar-refractivity contribution < 1.29 is 5.11 Å².